The number of nitriles is 1. The van der Waals surface area contributed by atoms with Crippen LogP contribution in [0.25, 0.3) is 0 Å². The number of nitrogen functional groups attached to an aromatic ring is 1. The van der Waals surface area contributed by atoms with Gasteiger partial charge in [0.1, 0.15) is 0 Å². The summed E-state index contributed by atoms with van der Waals surface area (Å²) in [6.45, 7) is 0.881. The Morgan fingerprint density at radius 2 is 2.19 bits per heavy atom. The summed E-state index contributed by atoms with van der Waals surface area (Å²) in [5, 5.41) is 9.12. The molecule has 0 bridgehead atoms. The molecule has 0 aliphatic carbocycles. The fourth-order valence-corrected chi connectivity index (χ4v) is 1.69. The quantitative estimate of drug-likeness (QED) is 0.633. The Kier molecular flexibility index (Phi) is 4.94. The second-order valence-electron chi connectivity index (χ2n) is 3.74. The van der Waals surface area contributed by atoms with Gasteiger partial charge in [-0.15, -0.1) is 0 Å². The zero-order chi connectivity index (χ0) is 12.0. The molecule has 0 heterocycles. The fourth-order valence-electron chi connectivity index (χ4n) is 1.52. The summed E-state index contributed by atoms with van der Waals surface area (Å²) < 4.78 is 0. The van der Waals surface area contributed by atoms with Gasteiger partial charge in [0.05, 0.1) is 17.4 Å². The van der Waals surface area contributed by atoms with E-state index in [0.29, 0.717) is 11.4 Å². The molecular weight excluding hydrogens is 222 g/mol. The second kappa shape index (κ2) is 6.24. The second-order valence-corrected chi connectivity index (χ2v) is 4.18. The molecule has 0 unspecified atom stereocenters. The summed E-state index contributed by atoms with van der Waals surface area (Å²) >= 11 is 5.92. The maximum atomic E-state index is 8.43. The van der Waals surface area contributed by atoms with Crippen LogP contribution in [0.3, 0.4) is 0 Å². The summed E-state index contributed by atoms with van der Waals surface area (Å²) in [6, 6.07) is 7.59. The SMILES string of the molecule is CN(CCCCC#N)c1cc(Cl)ccc1N. The third kappa shape index (κ3) is 3.63. The highest BCUT2D eigenvalue weighted by atomic mass is 35.5. The number of unbranched alkanes of at least 4 members (excludes halogenated alkanes) is 2. The molecule has 3 nitrogen and oxygen atoms in total. The number of hydrogen-bond acceptors (Lipinski definition) is 3. The van der Waals surface area contributed by atoms with Crippen molar-refractivity contribution in [2.75, 3.05) is 24.2 Å². The Balaban J connectivity index is 2.55. The van der Waals surface area contributed by atoms with Crippen molar-refractivity contribution in [3.8, 4) is 6.07 Å². The monoisotopic (exact) mass is 237 g/mol. The van der Waals surface area contributed by atoms with E-state index in [1.165, 1.54) is 0 Å². The highest BCUT2D eigenvalue weighted by molar-refractivity contribution is 6.31. The molecule has 0 amide bonds. The molecule has 0 radical (unpaired) electrons. The van der Waals surface area contributed by atoms with Gasteiger partial charge in [0, 0.05) is 25.0 Å². The van der Waals surface area contributed by atoms with Gasteiger partial charge in [-0.2, -0.15) is 5.26 Å². The van der Waals surface area contributed by atoms with E-state index in [9.17, 15) is 0 Å². The van der Waals surface area contributed by atoms with E-state index in [2.05, 4.69) is 11.0 Å². The smallest absolute Gasteiger partial charge is 0.0621 e. The molecule has 0 saturated heterocycles. The van der Waals surface area contributed by atoms with Crippen LogP contribution in [0.5, 0.6) is 0 Å². The average molecular weight is 238 g/mol. The van der Waals surface area contributed by atoms with E-state index in [1.807, 2.05) is 19.2 Å². The van der Waals surface area contributed by atoms with Crippen molar-refractivity contribution in [1.82, 2.24) is 0 Å². The van der Waals surface area contributed by atoms with Gasteiger partial charge in [0.15, 0.2) is 0 Å². The van der Waals surface area contributed by atoms with Crippen LogP contribution in [0, 0.1) is 11.3 Å². The third-order valence-corrected chi connectivity index (χ3v) is 2.67. The molecule has 1 rings (SSSR count). The van der Waals surface area contributed by atoms with Gasteiger partial charge >= 0.3 is 0 Å². The molecule has 16 heavy (non-hydrogen) atoms. The Morgan fingerprint density at radius 1 is 1.44 bits per heavy atom. The molecule has 86 valence electrons. The summed E-state index contributed by atoms with van der Waals surface area (Å²) in [5.41, 5.74) is 7.55. The van der Waals surface area contributed by atoms with Crippen LogP contribution in [0.15, 0.2) is 18.2 Å². The van der Waals surface area contributed by atoms with Crippen LogP contribution < -0.4 is 10.6 Å². The van der Waals surface area contributed by atoms with Crippen molar-refractivity contribution in [3.05, 3.63) is 23.2 Å². The van der Waals surface area contributed by atoms with E-state index in [0.717, 1.165) is 30.8 Å². The van der Waals surface area contributed by atoms with E-state index >= 15 is 0 Å². The zero-order valence-electron chi connectivity index (χ0n) is 9.41. The summed E-state index contributed by atoms with van der Waals surface area (Å²) in [6.07, 6.45) is 2.51. The third-order valence-electron chi connectivity index (χ3n) is 2.44. The summed E-state index contributed by atoms with van der Waals surface area (Å²) in [7, 11) is 1.98. The summed E-state index contributed by atoms with van der Waals surface area (Å²) in [4.78, 5) is 2.07. The minimum Gasteiger partial charge on any atom is -0.397 e. The predicted octanol–water partition coefficient (Wildman–Crippen LogP) is 3.05. The first kappa shape index (κ1) is 12.7. The number of nitrogens with zero attached hydrogens (tertiary/aromatic N) is 2. The molecule has 0 spiro atoms. The molecule has 2 N–H and O–H groups in total. The first-order valence-electron chi connectivity index (χ1n) is 5.28. The van der Waals surface area contributed by atoms with Gasteiger partial charge in [0.25, 0.3) is 0 Å². The Labute approximate surface area is 101 Å². The first-order chi connectivity index (χ1) is 7.65. The number of benzene rings is 1. The number of anilines is 2. The maximum absolute atomic E-state index is 8.43. The molecule has 0 fully saturated rings. The molecule has 0 aromatic heterocycles. The van der Waals surface area contributed by atoms with E-state index in [-0.39, 0.29) is 0 Å². The van der Waals surface area contributed by atoms with Crippen LogP contribution in [-0.2, 0) is 0 Å². The van der Waals surface area contributed by atoms with Crippen molar-refractivity contribution in [2.24, 2.45) is 0 Å². The number of hydrogen-bond donors (Lipinski definition) is 1. The van der Waals surface area contributed by atoms with Crippen LogP contribution >= 0.6 is 11.6 Å². The molecule has 4 heteroatoms. The highest BCUT2D eigenvalue weighted by Gasteiger charge is 2.05. The van der Waals surface area contributed by atoms with Crippen molar-refractivity contribution in [3.63, 3.8) is 0 Å². The number of rotatable bonds is 5. The lowest BCUT2D eigenvalue weighted by molar-refractivity contribution is 0.734. The molecule has 0 aliphatic rings. The lowest BCUT2D eigenvalue weighted by Gasteiger charge is -2.21. The van der Waals surface area contributed by atoms with Crippen molar-refractivity contribution in [2.45, 2.75) is 19.3 Å². The van der Waals surface area contributed by atoms with Gasteiger partial charge in [-0.05, 0) is 31.0 Å². The lowest BCUT2D eigenvalue weighted by Crippen LogP contribution is -2.19. The van der Waals surface area contributed by atoms with E-state index in [1.54, 1.807) is 6.07 Å². The molecule has 0 atom stereocenters. The van der Waals surface area contributed by atoms with E-state index < -0.39 is 0 Å². The average Bonchev–Trinajstić information content (AvgIpc) is 2.27. The van der Waals surface area contributed by atoms with Gasteiger partial charge < -0.3 is 10.6 Å². The lowest BCUT2D eigenvalue weighted by atomic mass is 10.2. The van der Waals surface area contributed by atoms with Crippen LogP contribution in [0.4, 0.5) is 11.4 Å². The largest absolute Gasteiger partial charge is 0.397 e. The number of nitrogens with two attached hydrogens (primary N) is 1. The van der Waals surface area contributed by atoms with E-state index in [4.69, 9.17) is 22.6 Å². The zero-order valence-corrected chi connectivity index (χ0v) is 10.2. The van der Waals surface area contributed by atoms with Crippen molar-refractivity contribution >= 4 is 23.0 Å². The predicted molar refractivity (Wildman–Crippen MR) is 68.6 cm³/mol. The normalized spacial score (nSPS) is 9.81. The highest BCUT2D eigenvalue weighted by Crippen LogP contribution is 2.26. The van der Waals surface area contributed by atoms with Gasteiger partial charge in [-0.1, -0.05) is 11.6 Å². The Morgan fingerprint density at radius 3 is 2.88 bits per heavy atom. The molecular formula is C12H16ClN3. The fraction of sp³-hybridized carbons (Fsp3) is 0.417. The standard InChI is InChI=1S/C12H16ClN3/c1-16(8-4-2-3-7-14)12-9-10(13)5-6-11(12)15/h5-6,9H,2-4,8,15H2,1H3. The minimum atomic E-state index is 0.610. The summed E-state index contributed by atoms with van der Waals surface area (Å²) in [5.74, 6) is 0. The molecule has 0 saturated carbocycles. The molecule has 0 aliphatic heterocycles. The Bertz CT molecular complexity index is 384. The van der Waals surface area contributed by atoms with Gasteiger partial charge in [0.2, 0.25) is 0 Å². The van der Waals surface area contributed by atoms with Crippen LogP contribution in [-0.4, -0.2) is 13.6 Å². The first-order valence-corrected chi connectivity index (χ1v) is 5.66. The molecule has 1 aromatic carbocycles. The topological polar surface area (TPSA) is 53.0 Å². The van der Waals surface area contributed by atoms with Crippen molar-refractivity contribution < 1.29 is 0 Å². The Hall–Kier alpha value is -1.40. The molecule has 1 aromatic rings. The number of halogens is 1. The van der Waals surface area contributed by atoms with Crippen LogP contribution in [0.2, 0.25) is 5.02 Å². The van der Waals surface area contributed by atoms with Crippen LogP contribution in [0.1, 0.15) is 19.3 Å². The minimum absolute atomic E-state index is 0.610. The van der Waals surface area contributed by atoms with Crippen molar-refractivity contribution in [1.29, 1.82) is 5.26 Å². The van der Waals surface area contributed by atoms with Gasteiger partial charge in [-0.25, -0.2) is 0 Å². The van der Waals surface area contributed by atoms with Gasteiger partial charge in [-0.3, -0.25) is 0 Å². The maximum Gasteiger partial charge on any atom is 0.0621 e.